The topological polar surface area (TPSA) is 59.7 Å². The molecule has 1 atom stereocenters. The Morgan fingerprint density at radius 3 is 2.57 bits per heavy atom. The summed E-state index contributed by atoms with van der Waals surface area (Å²) in [5.41, 5.74) is 0.898. The Hall–Kier alpha value is -2.16. The Morgan fingerprint density at radius 1 is 1.22 bits per heavy atom. The number of hydrogen-bond acceptors (Lipinski definition) is 4. The van der Waals surface area contributed by atoms with E-state index in [-0.39, 0.29) is 16.4 Å². The molecule has 9 heteroatoms. The number of halogens is 4. The smallest absolute Gasteiger partial charge is 0.364 e. The Balaban J connectivity index is 2.10. The molecule has 0 aliphatic heterocycles. The summed E-state index contributed by atoms with van der Waals surface area (Å²) in [5.74, 6) is 0. The average molecular weight is 344 g/mol. The van der Waals surface area contributed by atoms with Gasteiger partial charge >= 0.3 is 6.36 Å². The van der Waals surface area contributed by atoms with E-state index in [0.717, 1.165) is 16.3 Å². The lowest BCUT2D eigenvalue weighted by Crippen LogP contribution is -2.17. The third kappa shape index (κ3) is 3.29. The van der Waals surface area contributed by atoms with Gasteiger partial charge in [0, 0.05) is 11.6 Å². The molecule has 5 nitrogen and oxygen atoms in total. The van der Waals surface area contributed by atoms with Crippen molar-refractivity contribution in [2.24, 2.45) is 0 Å². The molecule has 0 aliphatic carbocycles. The van der Waals surface area contributed by atoms with Crippen molar-refractivity contribution in [1.29, 1.82) is 0 Å². The van der Waals surface area contributed by atoms with Crippen LogP contribution in [-0.2, 0) is 4.74 Å². The SMILES string of the molecule is OC(OC(F)(F)F)c1cnn2c(Cl)cc(-c3ccccc3)nc12. The molecule has 120 valence electrons. The molecular formula is C14H9ClF3N3O2. The summed E-state index contributed by atoms with van der Waals surface area (Å²) >= 11 is 6.08. The second-order valence-corrected chi connectivity index (χ2v) is 4.97. The number of hydrogen-bond donors (Lipinski definition) is 1. The van der Waals surface area contributed by atoms with E-state index in [2.05, 4.69) is 14.8 Å². The van der Waals surface area contributed by atoms with Crippen LogP contribution in [0.2, 0.25) is 5.15 Å². The fraction of sp³-hybridized carbons (Fsp3) is 0.143. The Labute approximate surface area is 132 Å². The van der Waals surface area contributed by atoms with Crippen LogP contribution in [0.3, 0.4) is 0 Å². The van der Waals surface area contributed by atoms with Gasteiger partial charge in [-0.25, -0.2) is 9.50 Å². The van der Waals surface area contributed by atoms with E-state index < -0.39 is 12.7 Å². The van der Waals surface area contributed by atoms with Crippen LogP contribution < -0.4 is 0 Å². The molecule has 23 heavy (non-hydrogen) atoms. The highest BCUT2D eigenvalue weighted by Gasteiger charge is 2.35. The highest BCUT2D eigenvalue weighted by Crippen LogP contribution is 2.30. The Bertz CT molecular complexity index is 836. The largest absolute Gasteiger partial charge is 0.525 e. The van der Waals surface area contributed by atoms with Crippen molar-refractivity contribution in [2.45, 2.75) is 12.7 Å². The predicted molar refractivity (Wildman–Crippen MR) is 75.5 cm³/mol. The number of ether oxygens (including phenoxy) is 1. The van der Waals surface area contributed by atoms with Crippen molar-refractivity contribution < 1.29 is 23.0 Å². The molecule has 0 spiro atoms. The summed E-state index contributed by atoms with van der Waals surface area (Å²) in [6, 6.07) is 10.5. The van der Waals surface area contributed by atoms with Gasteiger partial charge in [-0.2, -0.15) is 5.10 Å². The number of rotatable bonds is 3. The maximum atomic E-state index is 12.3. The van der Waals surface area contributed by atoms with Crippen molar-refractivity contribution in [3.8, 4) is 11.3 Å². The van der Waals surface area contributed by atoms with Gasteiger partial charge in [0.05, 0.1) is 17.5 Å². The van der Waals surface area contributed by atoms with Gasteiger partial charge in [0.15, 0.2) is 11.9 Å². The maximum Gasteiger partial charge on any atom is 0.525 e. The molecule has 0 amide bonds. The number of benzene rings is 1. The number of aliphatic hydroxyl groups excluding tert-OH is 1. The lowest BCUT2D eigenvalue weighted by Gasteiger charge is -2.13. The molecule has 2 aromatic heterocycles. The minimum Gasteiger partial charge on any atom is -0.364 e. The molecule has 3 aromatic rings. The number of nitrogens with zero attached hydrogens (tertiary/aromatic N) is 3. The van der Waals surface area contributed by atoms with Crippen LogP contribution in [-0.4, -0.2) is 26.1 Å². The molecule has 1 N–H and O–H groups in total. The molecule has 0 bridgehead atoms. The molecule has 0 fully saturated rings. The average Bonchev–Trinajstić information content (AvgIpc) is 2.91. The summed E-state index contributed by atoms with van der Waals surface area (Å²) < 4.78 is 41.5. The Morgan fingerprint density at radius 2 is 1.91 bits per heavy atom. The fourth-order valence-corrected chi connectivity index (χ4v) is 2.29. The lowest BCUT2D eigenvalue weighted by atomic mass is 10.1. The maximum absolute atomic E-state index is 12.3. The fourth-order valence-electron chi connectivity index (χ4n) is 2.06. The zero-order valence-electron chi connectivity index (χ0n) is 11.3. The first-order valence-electron chi connectivity index (χ1n) is 6.37. The van der Waals surface area contributed by atoms with Gasteiger partial charge in [0.2, 0.25) is 0 Å². The highest BCUT2D eigenvalue weighted by molar-refractivity contribution is 6.30. The van der Waals surface area contributed by atoms with E-state index in [1.165, 1.54) is 6.07 Å². The van der Waals surface area contributed by atoms with E-state index >= 15 is 0 Å². The van der Waals surface area contributed by atoms with Gasteiger partial charge in [-0.05, 0) is 0 Å². The first kappa shape index (κ1) is 15.7. The standard InChI is InChI=1S/C14H9ClF3N3O2/c15-11-6-10(8-4-2-1-3-5-8)20-12-9(7-19-21(11)12)13(22)23-14(16,17)18/h1-7,13,22H. The summed E-state index contributed by atoms with van der Waals surface area (Å²) in [6.07, 6.45) is -6.21. The van der Waals surface area contributed by atoms with E-state index in [4.69, 9.17) is 11.6 Å². The molecule has 0 saturated heterocycles. The second-order valence-electron chi connectivity index (χ2n) is 4.58. The van der Waals surface area contributed by atoms with E-state index in [1.807, 2.05) is 6.07 Å². The summed E-state index contributed by atoms with van der Waals surface area (Å²) in [5, 5.41) is 13.6. The van der Waals surface area contributed by atoms with Gasteiger partial charge < -0.3 is 5.11 Å². The number of aromatic nitrogens is 3. The summed E-state index contributed by atoms with van der Waals surface area (Å²) in [4.78, 5) is 4.23. The normalized spacial score (nSPS) is 13.4. The van der Waals surface area contributed by atoms with Crippen molar-refractivity contribution >= 4 is 17.2 Å². The quantitative estimate of drug-likeness (QED) is 0.583. The van der Waals surface area contributed by atoms with Crippen LogP contribution >= 0.6 is 11.6 Å². The summed E-state index contributed by atoms with van der Waals surface area (Å²) in [7, 11) is 0. The van der Waals surface area contributed by atoms with Gasteiger partial charge in [0.25, 0.3) is 0 Å². The van der Waals surface area contributed by atoms with Crippen molar-refractivity contribution in [3.63, 3.8) is 0 Å². The molecule has 0 saturated carbocycles. The number of aliphatic hydroxyl groups is 1. The number of alkyl halides is 3. The lowest BCUT2D eigenvalue weighted by molar-refractivity contribution is -0.375. The monoisotopic (exact) mass is 343 g/mol. The van der Waals surface area contributed by atoms with E-state index in [1.54, 1.807) is 24.3 Å². The van der Waals surface area contributed by atoms with Gasteiger partial charge in [-0.15, -0.1) is 13.2 Å². The van der Waals surface area contributed by atoms with Gasteiger partial charge in [0.1, 0.15) is 5.15 Å². The van der Waals surface area contributed by atoms with Crippen molar-refractivity contribution in [2.75, 3.05) is 0 Å². The first-order chi connectivity index (χ1) is 10.8. The molecule has 0 radical (unpaired) electrons. The van der Waals surface area contributed by atoms with E-state index in [0.29, 0.717) is 5.69 Å². The third-order valence-corrected chi connectivity index (χ3v) is 3.31. The molecule has 0 aliphatic rings. The van der Waals surface area contributed by atoms with Crippen molar-refractivity contribution in [3.05, 3.63) is 53.3 Å². The van der Waals surface area contributed by atoms with Crippen LogP contribution in [0.25, 0.3) is 16.9 Å². The van der Waals surface area contributed by atoms with Crippen LogP contribution in [0.5, 0.6) is 0 Å². The van der Waals surface area contributed by atoms with Crippen LogP contribution in [0.15, 0.2) is 42.6 Å². The van der Waals surface area contributed by atoms with Gasteiger partial charge in [-0.1, -0.05) is 41.9 Å². The molecule has 1 unspecified atom stereocenters. The zero-order valence-corrected chi connectivity index (χ0v) is 12.1. The zero-order chi connectivity index (χ0) is 16.6. The molecule has 1 aromatic carbocycles. The van der Waals surface area contributed by atoms with Crippen LogP contribution in [0.4, 0.5) is 13.2 Å². The van der Waals surface area contributed by atoms with E-state index in [9.17, 15) is 18.3 Å². The minimum atomic E-state index is -4.99. The third-order valence-electron chi connectivity index (χ3n) is 3.04. The van der Waals surface area contributed by atoms with Crippen LogP contribution in [0.1, 0.15) is 11.9 Å². The molecule has 3 rings (SSSR count). The predicted octanol–water partition coefficient (Wildman–Crippen LogP) is 3.58. The Kier molecular flexibility index (Phi) is 3.97. The minimum absolute atomic E-state index is 0.0203. The van der Waals surface area contributed by atoms with Crippen molar-refractivity contribution in [1.82, 2.24) is 14.6 Å². The second kappa shape index (κ2) is 5.80. The summed E-state index contributed by atoms with van der Waals surface area (Å²) in [6.45, 7) is 0. The molecular weight excluding hydrogens is 335 g/mol. The molecule has 2 heterocycles. The van der Waals surface area contributed by atoms with Crippen LogP contribution in [0, 0.1) is 0 Å². The van der Waals surface area contributed by atoms with Gasteiger partial charge in [-0.3, -0.25) is 4.74 Å². The number of fused-ring (bicyclic) bond motifs is 1. The first-order valence-corrected chi connectivity index (χ1v) is 6.75. The highest BCUT2D eigenvalue weighted by atomic mass is 35.5.